The highest BCUT2D eigenvalue weighted by Gasteiger charge is 2.19. The van der Waals surface area contributed by atoms with Crippen molar-refractivity contribution in [1.82, 2.24) is 0 Å². The van der Waals surface area contributed by atoms with E-state index < -0.39 is 17.7 Å². The molecule has 1 heterocycles. The van der Waals surface area contributed by atoms with Gasteiger partial charge in [0.05, 0.1) is 12.9 Å². The van der Waals surface area contributed by atoms with E-state index in [1.807, 2.05) is 0 Å². The van der Waals surface area contributed by atoms with Crippen LogP contribution in [-0.2, 0) is 4.74 Å². The summed E-state index contributed by atoms with van der Waals surface area (Å²) in [6.07, 6.45) is 1.86. The zero-order chi connectivity index (χ0) is 11.5. The molecule has 2 rings (SSSR count). The predicted molar refractivity (Wildman–Crippen MR) is 54.6 cm³/mol. The molecular weight excluding hydrogens is 214 g/mol. The molecule has 0 spiro atoms. The molecule has 2 nitrogen and oxygen atoms in total. The fourth-order valence-corrected chi connectivity index (χ4v) is 1.71. The van der Waals surface area contributed by atoms with E-state index in [9.17, 15) is 13.9 Å². The van der Waals surface area contributed by atoms with Crippen LogP contribution in [-0.4, -0.2) is 11.7 Å². The van der Waals surface area contributed by atoms with Crippen LogP contribution in [0.15, 0.2) is 30.0 Å². The molecule has 0 saturated heterocycles. The van der Waals surface area contributed by atoms with Gasteiger partial charge in [0.25, 0.3) is 0 Å². The van der Waals surface area contributed by atoms with Crippen LogP contribution in [0, 0.1) is 11.6 Å². The maximum atomic E-state index is 13.4. The molecule has 1 aliphatic rings. The first-order valence-electron chi connectivity index (χ1n) is 5.12. The highest BCUT2D eigenvalue weighted by Crippen LogP contribution is 2.29. The van der Waals surface area contributed by atoms with Crippen molar-refractivity contribution in [3.8, 4) is 0 Å². The lowest BCUT2D eigenvalue weighted by molar-refractivity contribution is 0.167. The van der Waals surface area contributed by atoms with Crippen molar-refractivity contribution in [1.29, 1.82) is 0 Å². The molecule has 1 aliphatic heterocycles. The summed E-state index contributed by atoms with van der Waals surface area (Å²) >= 11 is 0. The largest absolute Gasteiger partial charge is 0.501 e. The number of hydrogen-bond donors (Lipinski definition) is 1. The number of benzene rings is 1. The van der Waals surface area contributed by atoms with E-state index in [4.69, 9.17) is 4.74 Å². The van der Waals surface area contributed by atoms with Crippen molar-refractivity contribution in [2.45, 2.75) is 18.9 Å². The van der Waals surface area contributed by atoms with Gasteiger partial charge in [-0.05, 0) is 24.5 Å². The average Bonchev–Trinajstić information content (AvgIpc) is 2.29. The Bertz CT molecular complexity index is 415. The van der Waals surface area contributed by atoms with Crippen LogP contribution in [0.4, 0.5) is 8.78 Å². The fraction of sp³-hybridized carbons (Fsp3) is 0.333. The van der Waals surface area contributed by atoms with E-state index in [2.05, 4.69) is 0 Å². The van der Waals surface area contributed by atoms with Crippen LogP contribution in [0.3, 0.4) is 0 Å². The van der Waals surface area contributed by atoms with E-state index in [1.165, 1.54) is 12.3 Å². The third-order valence-electron chi connectivity index (χ3n) is 2.57. The molecule has 0 amide bonds. The zero-order valence-electron chi connectivity index (χ0n) is 8.62. The van der Waals surface area contributed by atoms with Gasteiger partial charge in [-0.25, -0.2) is 8.78 Å². The average molecular weight is 226 g/mol. The predicted octanol–water partition coefficient (Wildman–Crippen LogP) is 2.69. The van der Waals surface area contributed by atoms with Gasteiger partial charge in [0.15, 0.2) is 0 Å². The second-order valence-corrected chi connectivity index (χ2v) is 3.74. The fourth-order valence-electron chi connectivity index (χ4n) is 1.71. The Morgan fingerprint density at radius 1 is 1.31 bits per heavy atom. The van der Waals surface area contributed by atoms with Gasteiger partial charge in [-0.3, -0.25) is 0 Å². The van der Waals surface area contributed by atoms with Crippen LogP contribution < -0.4 is 0 Å². The quantitative estimate of drug-likeness (QED) is 0.840. The SMILES string of the molecule is OC(C1=COCCC1)c1ccc(F)cc1F. The molecule has 1 N–H and O–H groups in total. The summed E-state index contributed by atoms with van der Waals surface area (Å²) in [6.45, 7) is 0.613. The molecule has 0 bridgehead atoms. The Labute approximate surface area is 92.2 Å². The summed E-state index contributed by atoms with van der Waals surface area (Å²) < 4.78 is 31.1. The van der Waals surface area contributed by atoms with E-state index in [0.29, 0.717) is 18.6 Å². The smallest absolute Gasteiger partial charge is 0.132 e. The molecule has 1 aromatic carbocycles. The van der Waals surface area contributed by atoms with Gasteiger partial charge in [0.1, 0.15) is 17.7 Å². The van der Waals surface area contributed by atoms with E-state index >= 15 is 0 Å². The van der Waals surface area contributed by atoms with E-state index in [1.54, 1.807) is 0 Å². The number of hydrogen-bond acceptors (Lipinski definition) is 2. The number of aliphatic hydroxyl groups is 1. The summed E-state index contributed by atoms with van der Waals surface area (Å²) in [7, 11) is 0. The Kier molecular flexibility index (Phi) is 3.19. The van der Waals surface area contributed by atoms with Gasteiger partial charge < -0.3 is 9.84 Å². The van der Waals surface area contributed by atoms with Crippen LogP contribution in [0.1, 0.15) is 24.5 Å². The van der Waals surface area contributed by atoms with Crippen molar-refractivity contribution in [3.63, 3.8) is 0 Å². The van der Waals surface area contributed by atoms with Crippen LogP contribution in [0.5, 0.6) is 0 Å². The van der Waals surface area contributed by atoms with Crippen LogP contribution in [0.25, 0.3) is 0 Å². The van der Waals surface area contributed by atoms with E-state index in [-0.39, 0.29) is 5.56 Å². The lowest BCUT2D eigenvalue weighted by atomic mass is 9.97. The van der Waals surface area contributed by atoms with Crippen molar-refractivity contribution in [3.05, 3.63) is 47.2 Å². The van der Waals surface area contributed by atoms with Crippen molar-refractivity contribution >= 4 is 0 Å². The molecule has 86 valence electrons. The molecule has 0 aliphatic carbocycles. The minimum Gasteiger partial charge on any atom is -0.501 e. The standard InChI is InChI=1S/C12H12F2O2/c13-9-3-4-10(11(14)6-9)12(15)8-2-1-5-16-7-8/h3-4,6-7,12,15H,1-2,5H2. The second-order valence-electron chi connectivity index (χ2n) is 3.74. The summed E-state index contributed by atoms with van der Waals surface area (Å²) in [5, 5.41) is 9.91. The summed E-state index contributed by atoms with van der Waals surface area (Å²) in [4.78, 5) is 0. The molecule has 0 radical (unpaired) electrons. The van der Waals surface area contributed by atoms with Crippen molar-refractivity contribution < 1.29 is 18.6 Å². The molecule has 4 heteroatoms. The topological polar surface area (TPSA) is 29.5 Å². The maximum Gasteiger partial charge on any atom is 0.132 e. The first kappa shape index (κ1) is 11.1. The van der Waals surface area contributed by atoms with Crippen molar-refractivity contribution in [2.24, 2.45) is 0 Å². The van der Waals surface area contributed by atoms with Gasteiger partial charge in [-0.1, -0.05) is 6.07 Å². The number of ether oxygens (including phenoxy) is 1. The molecule has 1 unspecified atom stereocenters. The monoisotopic (exact) mass is 226 g/mol. The van der Waals surface area contributed by atoms with Gasteiger partial charge in [0, 0.05) is 11.6 Å². The number of aliphatic hydroxyl groups excluding tert-OH is 1. The summed E-state index contributed by atoms with van der Waals surface area (Å²) in [6, 6.07) is 3.15. The Hall–Kier alpha value is -1.42. The molecule has 0 aromatic heterocycles. The Balaban J connectivity index is 2.26. The summed E-state index contributed by atoms with van der Waals surface area (Å²) in [5.74, 6) is -1.39. The lowest BCUT2D eigenvalue weighted by Gasteiger charge is -2.19. The zero-order valence-corrected chi connectivity index (χ0v) is 8.62. The molecule has 0 saturated carbocycles. The Morgan fingerprint density at radius 2 is 2.12 bits per heavy atom. The van der Waals surface area contributed by atoms with Gasteiger partial charge in [-0.15, -0.1) is 0 Å². The lowest BCUT2D eigenvalue weighted by Crippen LogP contribution is -2.09. The normalized spacial score (nSPS) is 17.6. The third-order valence-corrected chi connectivity index (χ3v) is 2.57. The minimum absolute atomic E-state index is 0.0816. The maximum absolute atomic E-state index is 13.4. The number of halogens is 2. The molecular formula is C12H12F2O2. The van der Waals surface area contributed by atoms with E-state index in [0.717, 1.165) is 18.6 Å². The number of rotatable bonds is 2. The first-order valence-corrected chi connectivity index (χ1v) is 5.12. The van der Waals surface area contributed by atoms with Gasteiger partial charge in [-0.2, -0.15) is 0 Å². The molecule has 1 atom stereocenters. The second kappa shape index (κ2) is 4.61. The minimum atomic E-state index is -1.05. The van der Waals surface area contributed by atoms with Gasteiger partial charge in [0.2, 0.25) is 0 Å². The molecule has 0 fully saturated rings. The van der Waals surface area contributed by atoms with Crippen LogP contribution in [0.2, 0.25) is 0 Å². The van der Waals surface area contributed by atoms with Crippen LogP contribution >= 0.6 is 0 Å². The highest BCUT2D eigenvalue weighted by molar-refractivity contribution is 5.27. The summed E-state index contributed by atoms with van der Waals surface area (Å²) in [5.41, 5.74) is 0.704. The highest BCUT2D eigenvalue weighted by atomic mass is 19.1. The van der Waals surface area contributed by atoms with Gasteiger partial charge >= 0.3 is 0 Å². The Morgan fingerprint density at radius 3 is 2.75 bits per heavy atom. The third kappa shape index (κ3) is 2.22. The molecule has 16 heavy (non-hydrogen) atoms. The van der Waals surface area contributed by atoms with Crippen molar-refractivity contribution in [2.75, 3.05) is 6.61 Å². The molecule has 1 aromatic rings. The first-order chi connectivity index (χ1) is 7.68.